The van der Waals surface area contributed by atoms with Crippen molar-refractivity contribution in [3.8, 4) is 0 Å². The first-order chi connectivity index (χ1) is 6.00. The first-order valence-electron chi connectivity index (χ1n) is 3.84. The van der Waals surface area contributed by atoms with Crippen LogP contribution >= 0.6 is 31.9 Å². The van der Waals surface area contributed by atoms with E-state index in [0.29, 0.717) is 5.76 Å². The maximum atomic E-state index is 10.6. The number of rotatable bonds is 2. The Morgan fingerprint density at radius 3 is 2.69 bits per heavy atom. The van der Waals surface area contributed by atoms with Gasteiger partial charge >= 0.3 is 5.97 Å². The summed E-state index contributed by atoms with van der Waals surface area (Å²) in [6, 6.07) is 0. The summed E-state index contributed by atoms with van der Waals surface area (Å²) in [7, 11) is 0. The second kappa shape index (κ2) is 4.46. The number of alkyl halides is 2. The molecule has 0 radical (unpaired) electrons. The Morgan fingerprint density at radius 2 is 2.31 bits per heavy atom. The Balaban J connectivity index is 2.54. The number of carbonyl (C=O) groups excluding carboxylic acids is 1. The van der Waals surface area contributed by atoms with Gasteiger partial charge in [0, 0.05) is 6.92 Å². The molecule has 3 atom stereocenters. The predicted molar refractivity (Wildman–Crippen MR) is 55.8 cm³/mol. The molecule has 0 bridgehead atoms. The zero-order valence-electron chi connectivity index (χ0n) is 7.29. The average molecular weight is 314 g/mol. The molecule has 0 aliphatic carbocycles. The summed E-state index contributed by atoms with van der Waals surface area (Å²) in [5, 5.41) is -0.0829. The molecule has 0 fully saturated rings. The van der Waals surface area contributed by atoms with Gasteiger partial charge in [0.05, 0.1) is 4.83 Å². The Hall–Kier alpha value is -0.0300. The van der Waals surface area contributed by atoms with Gasteiger partial charge in [0.15, 0.2) is 11.1 Å². The van der Waals surface area contributed by atoms with Crippen LogP contribution in [0.15, 0.2) is 11.8 Å². The first-order valence-corrected chi connectivity index (χ1v) is 5.67. The molecule has 74 valence electrons. The van der Waals surface area contributed by atoms with Crippen molar-refractivity contribution in [3.63, 3.8) is 0 Å². The monoisotopic (exact) mass is 312 g/mol. The minimum absolute atomic E-state index is 0.0829. The van der Waals surface area contributed by atoms with Crippen LogP contribution in [0.5, 0.6) is 0 Å². The van der Waals surface area contributed by atoms with E-state index in [2.05, 4.69) is 31.9 Å². The van der Waals surface area contributed by atoms with Crippen molar-refractivity contribution in [3.05, 3.63) is 11.8 Å². The van der Waals surface area contributed by atoms with Gasteiger partial charge in [-0.3, -0.25) is 4.79 Å². The molecule has 5 heteroatoms. The van der Waals surface area contributed by atoms with Crippen LogP contribution in [0.4, 0.5) is 0 Å². The highest BCUT2D eigenvalue weighted by Crippen LogP contribution is 2.30. The molecule has 0 spiro atoms. The van der Waals surface area contributed by atoms with Crippen LogP contribution in [0.25, 0.3) is 0 Å². The molecular formula is C8H10Br2O3. The molecule has 3 unspecified atom stereocenters. The van der Waals surface area contributed by atoms with E-state index in [4.69, 9.17) is 9.47 Å². The minimum Gasteiger partial charge on any atom is -0.478 e. The van der Waals surface area contributed by atoms with Gasteiger partial charge in [0.25, 0.3) is 0 Å². The van der Waals surface area contributed by atoms with Crippen LogP contribution in [0.1, 0.15) is 13.8 Å². The topological polar surface area (TPSA) is 35.5 Å². The Morgan fingerprint density at radius 1 is 1.69 bits per heavy atom. The van der Waals surface area contributed by atoms with Gasteiger partial charge < -0.3 is 9.47 Å². The minimum atomic E-state index is -0.319. The van der Waals surface area contributed by atoms with E-state index in [1.807, 2.05) is 6.08 Å². The third-order valence-corrected chi connectivity index (χ3v) is 3.78. The van der Waals surface area contributed by atoms with Crippen molar-refractivity contribution in [1.29, 1.82) is 0 Å². The molecule has 1 aliphatic heterocycles. The normalized spacial score (nSPS) is 29.1. The fourth-order valence-corrected chi connectivity index (χ4v) is 1.74. The molecule has 0 amide bonds. The lowest BCUT2D eigenvalue weighted by Gasteiger charge is -2.14. The van der Waals surface area contributed by atoms with Crippen LogP contribution in [0, 0.1) is 0 Å². The van der Waals surface area contributed by atoms with E-state index in [1.54, 1.807) is 6.92 Å². The largest absolute Gasteiger partial charge is 0.478 e. The predicted octanol–water partition coefficient (Wildman–Crippen LogP) is 2.34. The summed E-state index contributed by atoms with van der Waals surface area (Å²) in [5.41, 5.74) is 0. The molecule has 0 N–H and O–H groups in total. The van der Waals surface area contributed by atoms with E-state index in [9.17, 15) is 4.79 Å². The summed E-state index contributed by atoms with van der Waals surface area (Å²) in [6.07, 6.45) is 1.56. The number of hydrogen-bond acceptors (Lipinski definition) is 3. The molecule has 1 rings (SSSR count). The molecule has 13 heavy (non-hydrogen) atoms. The summed E-state index contributed by atoms with van der Waals surface area (Å²) >= 11 is 6.71. The van der Waals surface area contributed by atoms with Crippen molar-refractivity contribution >= 4 is 37.8 Å². The quantitative estimate of drug-likeness (QED) is 0.580. The lowest BCUT2D eigenvalue weighted by Crippen LogP contribution is -2.16. The summed E-state index contributed by atoms with van der Waals surface area (Å²) < 4.78 is 10.3. The molecule has 0 aromatic heterocycles. The third-order valence-electron chi connectivity index (χ3n) is 1.57. The number of esters is 1. The van der Waals surface area contributed by atoms with Crippen LogP contribution in [-0.4, -0.2) is 21.9 Å². The fourth-order valence-electron chi connectivity index (χ4n) is 1.01. The summed E-state index contributed by atoms with van der Waals surface area (Å²) in [5.74, 6) is 0.375. The van der Waals surface area contributed by atoms with Gasteiger partial charge in [-0.25, -0.2) is 0 Å². The molecule has 1 heterocycles. The van der Waals surface area contributed by atoms with Crippen LogP contribution in [0.2, 0.25) is 0 Å². The lowest BCUT2D eigenvalue weighted by molar-refractivity contribution is -0.145. The third kappa shape index (κ3) is 2.98. The highest BCUT2D eigenvalue weighted by Gasteiger charge is 2.28. The standard InChI is InChI=1S/C8H10Br2O3/c1-4(12-5(2)11)7-3-6(9)8(10)13-7/h3-4,6,8H,1-2H3. The number of carbonyl (C=O) groups is 1. The van der Waals surface area contributed by atoms with Crippen molar-refractivity contribution in [2.75, 3.05) is 0 Å². The molecular weight excluding hydrogens is 304 g/mol. The second-order valence-electron chi connectivity index (χ2n) is 2.73. The van der Waals surface area contributed by atoms with E-state index in [0.717, 1.165) is 0 Å². The number of halogens is 2. The number of ether oxygens (including phenoxy) is 2. The van der Waals surface area contributed by atoms with E-state index < -0.39 is 0 Å². The first kappa shape index (κ1) is 11.0. The zero-order chi connectivity index (χ0) is 10.0. The maximum absolute atomic E-state index is 10.6. The molecule has 0 aromatic carbocycles. The highest BCUT2D eigenvalue weighted by atomic mass is 79.9. The fraction of sp³-hybridized carbons (Fsp3) is 0.625. The van der Waals surface area contributed by atoms with Crippen LogP contribution < -0.4 is 0 Å². The van der Waals surface area contributed by atoms with Crippen molar-refractivity contribution in [2.24, 2.45) is 0 Å². The van der Waals surface area contributed by atoms with Gasteiger partial charge in [-0.15, -0.1) is 0 Å². The molecule has 3 nitrogen and oxygen atoms in total. The van der Waals surface area contributed by atoms with Gasteiger partial charge in [-0.1, -0.05) is 15.9 Å². The Labute approximate surface area is 93.7 Å². The van der Waals surface area contributed by atoms with Gasteiger partial charge in [0.2, 0.25) is 0 Å². The highest BCUT2D eigenvalue weighted by molar-refractivity contribution is 9.12. The van der Waals surface area contributed by atoms with Crippen LogP contribution in [0.3, 0.4) is 0 Å². The Bertz CT molecular complexity index is 240. The molecule has 0 aromatic rings. The number of hydrogen-bond donors (Lipinski definition) is 0. The molecule has 0 saturated carbocycles. The van der Waals surface area contributed by atoms with Gasteiger partial charge in [-0.05, 0) is 28.9 Å². The second-order valence-corrected chi connectivity index (χ2v) is 4.69. The summed E-state index contributed by atoms with van der Waals surface area (Å²) in [4.78, 5) is 10.8. The SMILES string of the molecule is CC(=O)OC(C)C1=CC(Br)C(Br)O1. The summed E-state index contributed by atoms with van der Waals surface area (Å²) in [6.45, 7) is 3.15. The Kier molecular flexibility index (Phi) is 3.79. The van der Waals surface area contributed by atoms with Gasteiger partial charge in [0.1, 0.15) is 5.76 Å². The van der Waals surface area contributed by atoms with E-state index in [-0.39, 0.29) is 21.9 Å². The van der Waals surface area contributed by atoms with E-state index in [1.165, 1.54) is 6.92 Å². The van der Waals surface area contributed by atoms with Crippen molar-refractivity contribution in [2.45, 2.75) is 29.8 Å². The zero-order valence-corrected chi connectivity index (χ0v) is 10.5. The van der Waals surface area contributed by atoms with E-state index >= 15 is 0 Å². The average Bonchev–Trinajstić information content (AvgIpc) is 2.31. The molecule has 0 saturated heterocycles. The maximum Gasteiger partial charge on any atom is 0.303 e. The molecule has 1 aliphatic rings. The lowest BCUT2D eigenvalue weighted by atomic mass is 10.3. The van der Waals surface area contributed by atoms with Crippen molar-refractivity contribution < 1.29 is 14.3 Å². The smallest absolute Gasteiger partial charge is 0.303 e. The van der Waals surface area contributed by atoms with Crippen LogP contribution in [-0.2, 0) is 14.3 Å². The van der Waals surface area contributed by atoms with Gasteiger partial charge in [-0.2, -0.15) is 0 Å². The van der Waals surface area contributed by atoms with Crippen molar-refractivity contribution in [1.82, 2.24) is 0 Å².